The van der Waals surface area contributed by atoms with Gasteiger partial charge in [-0.05, 0) is 74.8 Å². The summed E-state index contributed by atoms with van der Waals surface area (Å²) in [4.78, 5) is 18.7. The van der Waals surface area contributed by atoms with E-state index in [1.165, 1.54) is 26.7 Å². The van der Waals surface area contributed by atoms with E-state index in [0.717, 1.165) is 29.3 Å². The minimum Gasteiger partial charge on any atom is -0.486 e. The Kier molecular flexibility index (Phi) is 14.4. The summed E-state index contributed by atoms with van der Waals surface area (Å²) in [7, 11) is -1.07. The number of hydrogen-bond acceptors (Lipinski definition) is 14. The zero-order chi connectivity index (χ0) is 43.8. The van der Waals surface area contributed by atoms with Gasteiger partial charge in [-0.25, -0.2) is 46.2 Å². The first-order valence-corrected chi connectivity index (χ1v) is 21.3. The van der Waals surface area contributed by atoms with Crippen LogP contribution in [0.5, 0.6) is 17.2 Å². The van der Waals surface area contributed by atoms with Gasteiger partial charge >= 0.3 is 6.18 Å². The number of rotatable bonds is 11. The standard InChI is InChI=1S/C19H21N5O4S.C17H14ClF3N4O3S.C2H6/c1-20-29(25,26)12-4-5-16(24(2)3)15(8-12)23-19-13-9-17-18(28-7-6-27-17)10-14(13)21-11-22-19;1-22-29(26,27)11-3-5-15(28-8-17(19,20)21)14(7-11)25-16-12-6-10(18)2-4-13(12)23-9-24-16;1-2/h4-5,8-11,20H,6-7H2,1-3H3,(H,21,22,23);2-7,9,22H,8H2,1H3,(H,23,24,25);1-2H3. The molecular formula is C38H41ClF3N9O7S2. The zero-order valence-electron chi connectivity index (χ0n) is 33.0. The fourth-order valence-corrected chi connectivity index (χ4v) is 7.23. The highest BCUT2D eigenvalue weighted by Gasteiger charge is 2.29. The molecule has 0 saturated carbocycles. The van der Waals surface area contributed by atoms with Crippen molar-refractivity contribution in [1.82, 2.24) is 29.4 Å². The third-order valence-electron chi connectivity index (χ3n) is 8.35. The number of hydrogen-bond donors (Lipinski definition) is 4. The molecule has 22 heteroatoms. The van der Waals surface area contributed by atoms with E-state index >= 15 is 0 Å². The first kappa shape index (κ1) is 45.3. The van der Waals surface area contributed by atoms with Crippen molar-refractivity contribution in [1.29, 1.82) is 0 Å². The molecule has 0 bridgehead atoms. The minimum atomic E-state index is -4.57. The molecule has 0 radical (unpaired) electrons. The third-order valence-corrected chi connectivity index (χ3v) is 11.4. The number of nitrogens with one attached hydrogen (secondary N) is 4. The summed E-state index contributed by atoms with van der Waals surface area (Å²) in [6.45, 7) is 3.42. The molecule has 4 N–H and O–H groups in total. The lowest BCUT2D eigenvalue weighted by Gasteiger charge is -2.21. The molecule has 2 aromatic heterocycles. The molecule has 4 aromatic carbocycles. The SMILES string of the molecule is CC.CNS(=O)(=O)c1ccc(N(C)C)c(Nc2ncnc3cc4c(cc23)OCCO4)c1.CNS(=O)(=O)c1ccc(OCC(F)(F)F)c(Nc2ncnc3ccc(Cl)cc23)c1. The summed E-state index contributed by atoms with van der Waals surface area (Å²) in [5.41, 5.74) is 2.61. The highest BCUT2D eigenvalue weighted by atomic mass is 35.5. The van der Waals surface area contributed by atoms with Gasteiger partial charge in [0, 0.05) is 36.0 Å². The third kappa shape index (κ3) is 10.9. The van der Waals surface area contributed by atoms with E-state index < -0.39 is 32.8 Å². The molecule has 60 heavy (non-hydrogen) atoms. The molecule has 3 heterocycles. The Hall–Kier alpha value is -5.74. The number of nitrogens with zero attached hydrogens (tertiary/aromatic N) is 5. The van der Waals surface area contributed by atoms with Crippen LogP contribution in [-0.2, 0) is 20.0 Å². The van der Waals surface area contributed by atoms with Gasteiger partial charge in [-0.3, -0.25) is 0 Å². The molecule has 1 aliphatic rings. The molecule has 0 unspecified atom stereocenters. The average molecular weight is 892 g/mol. The number of ether oxygens (including phenoxy) is 3. The number of benzene rings is 4. The Morgan fingerprint density at radius 2 is 1.25 bits per heavy atom. The quantitative estimate of drug-likeness (QED) is 0.103. The van der Waals surface area contributed by atoms with Crippen molar-refractivity contribution in [2.24, 2.45) is 0 Å². The van der Waals surface area contributed by atoms with Gasteiger partial charge in [0.05, 0.1) is 37.9 Å². The van der Waals surface area contributed by atoms with Crippen LogP contribution in [0.1, 0.15) is 13.8 Å². The van der Waals surface area contributed by atoms with E-state index in [0.29, 0.717) is 57.7 Å². The molecule has 320 valence electrons. The van der Waals surface area contributed by atoms with Crippen molar-refractivity contribution in [2.75, 3.05) is 63.5 Å². The topological polar surface area (TPSA) is 199 Å². The monoisotopic (exact) mass is 891 g/mol. The maximum Gasteiger partial charge on any atom is 0.422 e. The molecule has 1 aliphatic heterocycles. The van der Waals surface area contributed by atoms with E-state index in [-0.39, 0.29) is 27.0 Å². The van der Waals surface area contributed by atoms with Gasteiger partial charge in [-0.15, -0.1) is 0 Å². The lowest BCUT2D eigenvalue weighted by atomic mass is 10.2. The Morgan fingerprint density at radius 3 is 1.83 bits per heavy atom. The normalized spacial score (nSPS) is 12.4. The van der Waals surface area contributed by atoms with Gasteiger partial charge in [-0.1, -0.05) is 25.4 Å². The Bertz CT molecular complexity index is 2710. The Morgan fingerprint density at radius 1 is 0.717 bits per heavy atom. The summed E-state index contributed by atoms with van der Waals surface area (Å²) < 4.78 is 107. The van der Waals surface area contributed by atoms with E-state index in [9.17, 15) is 30.0 Å². The number of aromatic nitrogens is 4. The van der Waals surface area contributed by atoms with E-state index in [1.54, 1.807) is 36.4 Å². The maximum atomic E-state index is 12.6. The van der Waals surface area contributed by atoms with Crippen LogP contribution in [-0.4, -0.2) is 91.0 Å². The van der Waals surface area contributed by atoms with Gasteiger partial charge in [0.1, 0.15) is 43.3 Å². The van der Waals surface area contributed by atoms with Gasteiger partial charge in [0.25, 0.3) is 0 Å². The Balaban J connectivity index is 0.000000219. The predicted octanol–water partition coefficient (Wildman–Crippen LogP) is 7.02. The number of anilines is 5. The number of alkyl halides is 3. The van der Waals surface area contributed by atoms with Gasteiger partial charge in [-0.2, -0.15) is 13.2 Å². The molecule has 6 aromatic rings. The highest BCUT2D eigenvalue weighted by molar-refractivity contribution is 7.89. The second-order valence-electron chi connectivity index (χ2n) is 12.4. The van der Waals surface area contributed by atoms with E-state index in [4.69, 9.17) is 25.8 Å². The number of fused-ring (bicyclic) bond motifs is 3. The fourth-order valence-electron chi connectivity index (χ4n) is 5.54. The zero-order valence-corrected chi connectivity index (χ0v) is 35.4. The summed E-state index contributed by atoms with van der Waals surface area (Å²) in [5.74, 6) is 1.82. The van der Waals surface area contributed by atoms with Crippen molar-refractivity contribution >= 4 is 82.2 Å². The van der Waals surface area contributed by atoms with E-state index in [2.05, 4.69) is 40.0 Å². The average Bonchev–Trinajstić information content (AvgIpc) is 3.23. The second-order valence-corrected chi connectivity index (χ2v) is 16.6. The van der Waals surface area contributed by atoms with Crippen molar-refractivity contribution in [3.63, 3.8) is 0 Å². The fraction of sp³-hybridized carbons (Fsp3) is 0.263. The molecule has 0 atom stereocenters. The van der Waals surface area contributed by atoms with Crippen LogP contribution in [0.3, 0.4) is 0 Å². The first-order valence-electron chi connectivity index (χ1n) is 18.0. The van der Waals surface area contributed by atoms with Gasteiger partial charge in [0.2, 0.25) is 20.0 Å². The van der Waals surface area contributed by atoms with Crippen LogP contribution in [0, 0.1) is 0 Å². The number of halogens is 4. The van der Waals surface area contributed by atoms with Crippen LogP contribution in [0.4, 0.5) is 41.9 Å². The predicted molar refractivity (Wildman–Crippen MR) is 224 cm³/mol. The molecule has 0 saturated heterocycles. The van der Waals surface area contributed by atoms with Crippen LogP contribution >= 0.6 is 11.6 Å². The molecule has 0 spiro atoms. The smallest absolute Gasteiger partial charge is 0.422 e. The lowest BCUT2D eigenvalue weighted by molar-refractivity contribution is -0.153. The van der Waals surface area contributed by atoms with Crippen LogP contribution < -0.4 is 39.2 Å². The molecule has 0 aliphatic carbocycles. The number of sulfonamides is 2. The van der Waals surface area contributed by atoms with Crippen LogP contribution in [0.2, 0.25) is 5.02 Å². The van der Waals surface area contributed by atoms with Crippen molar-refractivity contribution in [2.45, 2.75) is 29.8 Å². The van der Waals surface area contributed by atoms with Gasteiger partial charge in [0.15, 0.2) is 18.1 Å². The summed E-state index contributed by atoms with van der Waals surface area (Å²) in [5, 5.41) is 7.71. The van der Waals surface area contributed by atoms with Crippen LogP contribution in [0.15, 0.2) is 89.2 Å². The molecule has 0 fully saturated rings. The van der Waals surface area contributed by atoms with Gasteiger partial charge < -0.3 is 29.7 Å². The summed E-state index contributed by atoms with van der Waals surface area (Å²) in [6.07, 6.45) is -1.87. The van der Waals surface area contributed by atoms with Crippen molar-refractivity contribution < 1.29 is 44.2 Å². The Labute approximate surface area is 349 Å². The summed E-state index contributed by atoms with van der Waals surface area (Å²) in [6, 6.07) is 16.8. The first-order chi connectivity index (χ1) is 28.5. The molecule has 16 nitrogen and oxygen atoms in total. The minimum absolute atomic E-state index is 0.0226. The van der Waals surface area contributed by atoms with Crippen LogP contribution in [0.25, 0.3) is 21.8 Å². The molecule has 0 amide bonds. The highest BCUT2D eigenvalue weighted by Crippen LogP contribution is 2.38. The molecule has 7 rings (SSSR count). The van der Waals surface area contributed by atoms with E-state index in [1.807, 2.05) is 45.0 Å². The molecular weight excluding hydrogens is 851 g/mol. The maximum absolute atomic E-state index is 12.6. The van der Waals surface area contributed by atoms with Crippen molar-refractivity contribution in [3.8, 4) is 17.2 Å². The summed E-state index contributed by atoms with van der Waals surface area (Å²) >= 11 is 6.01. The lowest BCUT2D eigenvalue weighted by Crippen LogP contribution is -2.20. The van der Waals surface area contributed by atoms with Crippen molar-refractivity contribution in [3.05, 3.63) is 84.4 Å². The second kappa shape index (κ2) is 19.1. The largest absolute Gasteiger partial charge is 0.486 e.